The Hall–Kier alpha value is -1.35. The fraction of sp³-hybridized carbons (Fsp3) is 0.364. The van der Waals surface area contributed by atoms with Crippen LogP contribution in [0.4, 0.5) is 0 Å². The molecule has 0 fully saturated rings. The summed E-state index contributed by atoms with van der Waals surface area (Å²) in [5.74, 6) is -0.103. The van der Waals surface area contributed by atoms with E-state index < -0.39 is 0 Å². The summed E-state index contributed by atoms with van der Waals surface area (Å²) in [6, 6.07) is 10.2. The van der Waals surface area contributed by atoms with Gasteiger partial charge in [0.05, 0.1) is 6.54 Å². The summed E-state index contributed by atoms with van der Waals surface area (Å²) in [7, 11) is 0. The molecule has 0 saturated carbocycles. The molecule has 0 unspecified atom stereocenters. The molecule has 1 aromatic carbocycles. The predicted molar refractivity (Wildman–Crippen MR) is 56.8 cm³/mol. The highest BCUT2D eigenvalue weighted by atomic mass is 16.1. The van der Waals surface area contributed by atoms with Crippen LogP contribution < -0.4 is 11.1 Å². The van der Waals surface area contributed by atoms with E-state index >= 15 is 0 Å². The molecule has 0 aromatic heterocycles. The fourth-order valence-corrected chi connectivity index (χ4v) is 1.35. The van der Waals surface area contributed by atoms with Crippen molar-refractivity contribution in [3.05, 3.63) is 35.9 Å². The molecular weight excluding hydrogens is 176 g/mol. The van der Waals surface area contributed by atoms with Gasteiger partial charge >= 0.3 is 0 Å². The Morgan fingerprint density at radius 3 is 2.64 bits per heavy atom. The third kappa shape index (κ3) is 3.58. The summed E-state index contributed by atoms with van der Waals surface area (Å²) < 4.78 is 0. The van der Waals surface area contributed by atoms with Gasteiger partial charge in [-0.15, -0.1) is 0 Å². The summed E-state index contributed by atoms with van der Waals surface area (Å²) in [4.78, 5) is 11.0. The Kier molecular flexibility index (Phi) is 4.13. The molecule has 1 rings (SSSR count). The van der Waals surface area contributed by atoms with Crippen molar-refractivity contribution >= 4 is 5.91 Å². The van der Waals surface area contributed by atoms with Gasteiger partial charge in [-0.25, -0.2) is 0 Å². The van der Waals surface area contributed by atoms with Crippen molar-refractivity contribution in [3.63, 3.8) is 0 Å². The summed E-state index contributed by atoms with van der Waals surface area (Å²) in [5.41, 5.74) is 6.42. The van der Waals surface area contributed by atoms with Gasteiger partial charge in [0.15, 0.2) is 0 Å². The fourth-order valence-electron chi connectivity index (χ4n) is 1.35. The van der Waals surface area contributed by atoms with Crippen LogP contribution in [-0.4, -0.2) is 18.5 Å². The molecule has 0 bridgehead atoms. The van der Waals surface area contributed by atoms with Crippen molar-refractivity contribution in [1.29, 1.82) is 0 Å². The Balaban J connectivity index is 2.41. The number of nitrogens with two attached hydrogens (primary N) is 1. The number of amides is 1. The van der Waals surface area contributed by atoms with Gasteiger partial charge in [-0.2, -0.15) is 0 Å². The lowest BCUT2D eigenvalue weighted by atomic mass is 10.1. The molecule has 0 saturated heterocycles. The molecule has 0 aliphatic carbocycles. The first-order chi connectivity index (χ1) is 6.72. The summed E-state index contributed by atoms with van der Waals surface area (Å²) in [6.45, 7) is 2.03. The minimum absolute atomic E-state index is 0.0547. The van der Waals surface area contributed by atoms with Crippen LogP contribution >= 0.6 is 0 Å². The summed E-state index contributed by atoms with van der Waals surface area (Å²) in [5, 5.41) is 2.81. The topological polar surface area (TPSA) is 55.1 Å². The third-order valence-corrected chi connectivity index (χ3v) is 1.98. The van der Waals surface area contributed by atoms with E-state index in [2.05, 4.69) is 5.32 Å². The SMILES string of the molecule is C[C@@H](Cc1ccccc1)NC(=O)CN. The predicted octanol–water partition coefficient (Wildman–Crippen LogP) is 0.693. The zero-order valence-corrected chi connectivity index (χ0v) is 8.36. The van der Waals surface area contributed by atoms with Crippen molar-refractivity contribution in [2.75, 3.05) is 6.54 Å². The molecule has 3 nitrogen and oxygen atoms in total. The second-order valence-corrected chi connectivity index (χ2v) is 3.36. The number of carbonyl (C=O) groups excluding carboxylic acids is 1. The average Bonchev–Trinajstić information content (AvgIpc) is 2.19. The Morgan fingerprint density at radius 1 is 1.43 bits per heavy atom. The zero-order valence-electron chi connectivity index (χ0n) is 8.36. The lowest BCUT2D eigenvalue weighted by molar-refractivity contribution is -0.120. The first kappa shape index (κ1) is 10.7. The molecule has 0 aliphatic heterocycles. The Morgan fingerprint density at radius 2 is 2.07 bits per heavy atom. The largest absolute Gasteiger partial charge is 0.352 e. The van der Waals surface area contributed by atoms with Gasteiger partial charge < -0.3 is 11.1 Å². The van der Waals surface area contributed by atoms with E-state index in [1.807, 2.05) is 37.3 Å². The standard InChI is InChI=1S/C11H16N2O/c1-9(13-11(14)8-12)7-10-5-3-2-4-6-10/h2-6,9H,7-8,12H2,1H3,(H,13,14)/t9-/m0/s1. The summed E-state index contributed by atoms with van der Waals surface area (Å²) >= 11 is 0. The van der Waals surface area contributed by atoms with E-state index in [-0.39, 0.29) is 18.5 Å². The maximum Gasteiger partial charge on any atom is 0.233 e. The monoisotopic (exact) mass is 192 g/mol. The molecule has 76 valence electrons. The van der Waals surface area contributed by atoms with E-state index in [9.17, 15) is 4.79 Å². The third-order valence-electron chi connectivity index (χ3n) is 1.98. The molecule has 3 heteroatoms. The van der Waals surface area contributed by atoms with Crippen LogP contribution in [0.15, 0.2) is 30.3 Å². The smallest absolute Gasteiger partial charge is 0.233 e. The molecular formula is C11H16N2O. The van der Waals surface area contributed by atoms with Crippen LogP contribution in [0.5, 0.6) is 0 Å². The van der Waals surface area contributed by atoms with Crippen molar-refractivity contribution in [3.8, 4) is 0 Å². The van der Waals surface area contributed by atoms with Gasteiger partial charge in [-0.1, -0.05) is 30.3 Å². The minimum atomic E-state index is -0.103. The van der Waals surface area contributed by atoms with Crippen LogP contribution in [0.2, 0.25) is 0 Å². The molecule has 14 heavy (non-hydrogen) atoms. The van der Waals surface area contributed by atoms with E-state index in [4.69, 9.17) is 5.73 Å². The van der Waals surface area contributed by atoms with Crippen molar-refractivity contribution in [2.24, 2.45) is 5.73 Å². The minimum Gasteiger partial charge on any atom is -0.352 e. The number of hydrogen-bond donors (Lipinski definition) is 2. The quantitative estimate of drug-likeness (QED) is 0.737. The Labute approximate surface area is 84.3 Å². The molecule has 0 heterocycles. The van der Waals surface area contributed by atoms with Gasteiger partial charge in [-0.05, 0) is 18.9 Å². The number of rotatable bonds is 4. The second-order valence-electron chi connectivity index (χ2n) is 3.36. The zero-order chi connectivity index (χ0) is 10.4. The Bertz CT molecular complexity index is 285. The highest BCUT2D eigenvalue weighted by Gasteiger charge is 2.05. The van der Waals surface area contributed by atoms with Crippen LogP contribution in [0.3, 0.4) is 0 Å². The van der Waals surface area contributed by atoms with Crippen LogP contribution in [0.25, 0.3) is 0 Å². The van der Waals surface area contributed by atoms with Gasteiger partial charge in [-0.3, -0.25) is 4.79 Å². The number of nitrogens with one attached hydrogen (secondary N) is 1. The molecule has 3 N–H and O–H groups in total. The first-order valence-corrected chi connectivity index (χ1v) is 4.75. The van der Waals surface area contributed by atoms with Gasteiger partial charge in [0.1, 0.15) is 0 Å². The van der Waals surface area contributed by atoms with E-state index in [0.717, 1.165) is 6.42 Å². The lowest BCUT2D eigenvalue weighted by Crippen LogP contribution is -2.38. The average molecular weight is 192 g/mol. The normalized spacial score (nSPS) is 12.1. The molecule has 1 atom stereocenters. The molecule has 0 radical (unpaired) electrons. The van der Waals surface area contributed by atoms with Crippen molar-refractivity contribution in [1.82, 2.24) is 5.32 Å². The van der Waals surface area contributed by atoms with E-state index in [1.165, 1.54) is 5.56 Å². The summed E-state index contributed by atoms with van der Waals surface area (Å²) in [6.07, 6.45) is 0.840. The maximum atomic E-state index is 11.0. The van der Waals surface area contributed by atoms with Gasteiger partial charge in [0.2, 0.25) is 5.91 Å². The first-order valence-electron chi connectivity index (χ1n) is 4.75. The highest BCUT2D eigenvalue weighted by Crippen LogP contribution is 2.02. The highest BCUT2D eigenvalue weighted by molar-refractivity contribution is 5.78. The van der Waals surface area contributed by atoms with E-state index in [1.54, 1.807) is 0 Å². The van der Waals surface area contributed by atoms with Crippen molar-refractivity contribution < 1.29 is 4.79 Å². The molecule has 1 aromatic rings. The van der Waals surface area contributed by atoms with Crippen LogP contribution in [0, 0.1) is 0 Å². The van der Waals surface area contributed by atoms with Gasteiger partial charge in [0.25, 0.3) is 0 Å². The molecule has 1 amide bonds. The molecule has 0 spiro atoms. The number of hydrogen-bond acceptors (Lipinski definition) is 2. The van der Waals surface area contributed by atoms with Crippen LogP contribution in [-0.2, 0) is 11.2 Å². The number of benzene rings is 1. The van der Waals surface area contributed by atoms with Gasteiger partial charge in [0, 0.05) is 6.04 Å². The van der Waals surface area contributed by atoms with Crippen LogP contribution in [0.1, 0.15) is 12.5 Å². The van der Waals surface area contributed by atoms with E-state index in [0.29, 0.717) is 0 Å². The van der Waals surface area contributed by atoms with Crippen molar-refractivity contribution in [2.45, 2.75) is 19.4 Å². The lowest BCUT2D eigenvalue weighted by Gasteiger charge is -2.12. The second kappa shape index (κ2) is 5.40. The molecule has 0 aliphatic rings. The maximum absolute atomic E-state index is 11.0. The number of carbonyl (C=O) groups is 1.